The molecular formula is C14H13FN2O2S. The van der Waals surface area contributed by atoms with E-state index in [1.165, 1.54) is 12.3 Å². The monoisotopic (exact) mass is 292 g/mol. The van der Waals surface area contributed by atoms with Gasteiger partial charge in [0, 0.05) is 18.2 Å². The Balaban J connectivity index is 1.75. The van der Waals surface area contributed by atoms with Crippen LogP contribution < -0.4 is 4.72 Å². The Bertz CT molecular complexity index is 719. The maximum absolute atomic E-state index is 13.5. The lowest BCUT2D eigenvalue weighted by Gasteiger charge is -2.06. The standard InChI is InChI=1S/C14H13FN2O2S/c15-12-7-4-8-16-14(12)20(18,19)17-13-9-11(13)10-5-2-1-3-6-10/h1-8,11,13,17H,9H2. The zero-order valence-electron chi connectivity index (χ0n) is 10.5. The third kappa shape index (κ3) is 2.57. The highest BCUT2D eigenvalue weighted by Crippen LogP contribution is 2.41. The first-order valence-corrected chi connectivity index (χ1v) is 7.74. The third-order valence-corrected chi connectivity index (χ3v) is 4.73. The molecule has 0 aliphatic heterocycles. The van der Waals surface area contributed by atoms with Crippen molar-refractivity contribution in [2.45, 2.75) is 23.4 Å². The summed E-state index contributed by atoms with van der Waals surface area (Å²) in [6.45, 7) is 0. The molecule has 0 spiro atoms. The van der Waals surface area contributed by atoms with Crippen molar-refractivity contribution >= 4 is 10.0 Å². The number of aromatic nitrogens is 1. The van der Waals surface area contributed by atoms with Crippen LogP contribution in [0.5, 0.6) is 0 Å². The molecule has 1 heterocycles. The predicted octanol–water partition coefficient (Wildman–Crippen LogP) is 2.06. The number of hydrogen-bond donors (Lipinski definition) is 1. The van der Waals surface area contributed by atoms with E-state index in [0.29, 0.717) is 0 Å². The van der Waals surface area contributed by atoms with Gasteiger partial charge in [0.15, 0.2) is 5.82 Å². The second-order valence-corrected chi connectivity index (χ2v) is 6.40. The Hall–Kier alpha value is -1.79. The molecule has 4 nitrogen and oxygen atoms in total. The van der Waals surface area contributed by atoms with Gasteiger partial charge in [0.1, 0.15) is 0 Å². The minimum absolute atomic E-state index is 0.151. The van der Waals surface area contributed by atoms with E-state index in [1.54, 1.807) is 0 Å². The molecule has 2 aromatic rings. The van der Waals surface area contributed by atoms with E-state index in [9.17, 15) is 12.8 Å². The number of benzene rings is 1. The van der Waals surface area contributed by atoms with Gasteiger partial charge in [-0.25, -0.2) is 22.5 Å². The Morgan fingerprint density at radius 1 is 1.15 bits per heavy atom. The van der Waals surface area contributed by atoms with Crippen LogP contribution in [-0.4, -0.2) is 19.4 Å². The minimum atomic E-state index is -3.90. The molecule has 1 aliphatic rings. The quantitative estimate of drug-likeness (QED) is 0.938. The fourth-order valence-corrected chi connectivity index (χ4v) is 3.51. The first-order valence-electron chi connectivity index (χ1n) is 6.26. The first-order chi connectivity index (χ1) is 9.58. The van der Waals surface area contributed by atoms with Gasteiger partial charge in [-0.3, -0.25) is 0 Å². The lowest BCUT2D eigenvalue weighted by molar-refractivity contribution is 0.543. The van der Waals surface area contributed by atoms with Gasteiger partial charge in [0.05, 0.1) is 0 Å². The first kappa shape index (κ1) is 13.2. The van der Waals surface area contributed by atoms with Gasteiger partial charge in [0.2, 0.25) is 5.03 Å². The molecule has 0 amide bonds. The highest BCUT2D eigenvalue weighted by molar-refractivity contribution is 7.89. The summed E-state index contributed by atoms with van der Waals surface area (Å²) >= 11 is 0. The van der Waals surface area contributed by atoms with Crippen molar-refractivity contribution in [2.24, 2.45) is 0 Å². The van der Waals surface area contributed by atoms with Crippen molar-refractivity contribution < 1.29 is 12.8 Å². The molecule has 1 aliphatic carbocycles. The van der Waals surface area contributed by atoms with E-state index in [2.05, 4.69) is 9.71 Å². The largest absolute Gasteiger partial charge is 0.261 e. The third-order valence-electron chi connectivity index (χ3n) is 3.30. The Kier molecular flexibility index (Phi) is 3.27. The number of hydrogen-bond acceptors (Lipinski definition) is 3. The number of pyridine rings is 1. The number of nitrogens with zero attached hydrogens (tertiary/aromatic N) is 1. The van der Waals surface area contributed by atoms with Crippen molar-refractivity contribution in [3.63, 3.8) is 0 Å². The topological polar surface area (TPSA) is 59.1 Å². The van der Waals surface area contributed by atoms with Crippen LogP contribution in [0.4, 0.5) is 4.39 Å². The number of sulfonamides is 1. The van der Waals surface area contributed by atoms with Crippen LogP contribution in [0.1, 0.15) is 17.9 Å². The molecule has 1 aromatic carbocycles. The van der Waals surface area contributed by atoms with Gasteiger partial charge < -0.3 is 0 Å². The molecule has 20 heavy (non-hydrogen) atoms. The number of nitrogens with one attached hydrogen (secondary N) is 1. The van der Waals surface area contributed by atoms with E-state index < -0.39 is 20.9 Å². The molecule has 3 rings (SSSR count). The van der Waals surface area contributed by atoms with Gasteiger partial charge in [-0.15, -0.1) is 0 Å². The summed E-state index contributed by atoms with van der Waals surface area (Å²) in [4.78, 5) is 3.60. The number of rotatable bonds is 4. The van der Waals surface area contributed by atoms with Crippen molar-refractivity contribution in [3.8, 4) is 0 Å². The summed E-state index contributed by atoms with van der Waals surface area (Å²) in [6, 6.07) is 11.9. The minimum Gasteiger partial charge on any atom is -0.241 e. The molecule has 0 saturated heterocycles. The maximum Gasteiger partial charge on any atom is 0.261 e. The summed E-state index contributed by atoms with van der Waals surface area (Å²) < 4.78 is 40.1. The molecule has 1 aromatic heterocycles. The van der Waals surface area contributed by atoms with Crippen LogP contribution in [0.25, 0.3) is 0 Å². The molecule has 2 atom stereocenters. The molecule has 1 N–H and O–H groups in total. The average molecular weight is 292 g/mol. The Morgan fingerprint density at radius 2 is 1.90 bits per heavy atom. The summed E-state index contributed by atoms with van der Waals surface area (Å²) in [5, 5.41) is -0.543. The van der Waals surface area contributed by atoms with Gasteiger partial charge in [-0.05, 0) is 24.1 Å². The summed E-state index contributed by atoms with van der Waals surface area (Å²) in [7, 11) is -3.90. The summed E-state index contributed by atoms with van der Waals surface area (Å²) in [5.74, 6) is -0.686. The fourth-order valence-electron chi connectivity index (χ4n) is 2.22. The fraction of sp³-hybridized carbons (Fsp3) is 0.214. The lowest BCUT2D eigenvalue weighted by Crippen LogP contribution is -2.28. The second kappa shape index (κ2) is 4.96. The van der Waals surface area contributed by atoms with E-state index in [1.807, 2.05) is 30.3 Å². The van der Waals surface area contributed by atoms with E-state index in [4.69, 9.17) is 0 Å². The van der Waals surface area contributed by atoms with E-state index >= 15 is 0 Å². The maximum atomic E-state index is 13.5. The van der Waals surface area contributed by atoms with Crippen molar-refractivity contribution in [1.29, 1.82) is 0 Å². The van der Waals surface area contributed by atoms with Crippen LogP contribution >= 0.6 is 0 Å². The van der Waals surface area contributed by atoms with Crippen LogP contribution in [-0.2, 0) is 10.0 Å². The molecular weight excluding hydrogens is 279 g/mol. The highest BCUT2D eigenvalue weighted by atomic mass is 32.2. The molecule has 6 heteroatoms. The van der Waals surface area contributed by atoms with E-state index in [-0.39, 0.29) is 12.0 Å². The van der Waals surface area contributed by atoms with Crippen LogP contribution in [0.3, 0.4) is 0 Å². The molecule has 1 fully saturated rings. The zero-order valence-corrected chi connectivity index (χ0v) is 11.3. The highest BCUT2D eigenvalue weighted by Gasteiger charge is 2.41. The van der Waals surface area contributed by atoms with Gasteiger partial charge in [-0.1, -0.05) is 30.3 Å². The zero-order chi connectivity index (χ0) is 14.2. The number of halogens is 1. The lowest BCUT2D eigenvalue weighted by atomic mass is 10.1. The Labute approximate surface area is 116 Å². The molecule has 2 unspecified atom stereocenters. The van der Waals surface area contributed by atoms with Crippen LogP contribution in [0, 0.1) is 5.82 Å². The average Bonchev–Trinajstić information content (AvgIpc) is 3.18. The molecule has 0 bridgehead atoms. The second-order valence-electron chi connectivity index (χ2n) is 4.77. The summed E-state index contributed by atoms with van der Waals surface area (Å²) in [5.41, 5.74) is 1.08. The van der Waals surface area contributed by atoms with Crippen molar-refractivity contribution in [1.82, 2.24) is 9.71 Å². The van der Waals surface area contributed by atoms with Crippen LogP contribution in [0.15, 0.2) is 53.7 Å². The van der Waals surface area contributed by atoms with Crippen LogP contribution in [0.2, 0.25) is 0 Å². The summed E-state index contributed by atoms with van der Waals surface area (Å²) in [6.07, 6.45) is 1.98. The van der Waals surface area contributed by atoms with Gasteiger partial charge in [0.25, 0.3) is 10.0 Å². The van der Waals surface area contributed by atoms with Crippen molar-refractivity contribution in [3.05, 3.63) is 60.0 Å². The smallest absolute Gasteiger partial charge is 0.241 e. The predicted molar refractivity (Wildman–Crippen MR) is 72.1 cm³/mol. The molecule has 104 valence electrons. The SMILES string of the molecule is O=S(=O)(NC1CC1c1ccccc1)c1ncccc1F. The molecule has 1 saturated carbocycles. The molecule has 0 radical (unpaired) electrons. The van der Waals surface area contributed by atoms with Gasteiger partial charge >= 0.3 is 0 Å². The Morgan fingerprint density at radius 3 is 2.60 bits per heavy atom. The van der Waals surface area contributed by atoms with Crippen molar-refractivity contribution in [2.75, 3.05) is 0 Å². The normalized spacial score (nSPS) is 21.6. The van der Waals surface area contributed by atoms with E-state index in [0.717, 1.165) is 18.1 Å². The van der Waals surface area contributed by atoms with Gasteiger partial charge in [-0.2, -0.15) is 0 Å².